The van der Waals surface area contributed by atoms with Crippen LogP contribution in [0.3, 0.4) is 0 Å². The number of fused-ring (bicyclic) bond motifs is 1. The Morgan fingerprint density at radius 2 is 1.82 bits per heavy atom. The van der Waals surface area contributed by atoms with Gasteiger partial charge >= 0.3 is 0 Å². The fourth-order valence-corrected chi connectivity index (χ4v) is 3.94. The zero-order valence-corrected chi connectivity index (χ0v) is 16.3. The van der Waals surface area contributed by atoms with Gasteiger partial charge in [0, 0.05) is 17.0 Å². The van der Waals surface area contributed by atoms with Crippen molar-refractivity contribution >= 4 is 22.5 Å². The second kappa shape index (κ2) is 8.48. The van der Waals surface area contributed by atoms with Crippen LogP contribution in [0.15, 0.2) is 54.9 Å². The molecule has 5 heteroatoms. The lowest BCUT2D eigenvalue weighted by Crippen LogP contribution is -2.38. The summed E-state index contributed by atoms with van der Waals surface area (Å²) in [4.78, 5) is 23.6. The van der Waals surface area contributed by atoms with Gasteiger partial charge in [0.25, 0.3) is 0 Å². The number of piperidine rings is 1. The van der Waals surface area contributed by atoms with E-state index in [4.69, 9.17) is 0 Å². The maximum absolute atomic E-state index is 12.4. The third-order valence-corrected chi connectivity index (χ3v) is 5.56. The molecule has 1 N–H and O–H groups in total. The summed E-state index contributed by atoms with van der Waals surface area (Å²) in [6, 6.07) is 16.3. The Bertz CT molecular complexity index is 941. The molecule has 1 saturated heterocycles. The summed E-state index contributed by atoms with van der Waals surface area (Å²) < 4.78 is 0. The van der Waals surface area contributed by atoms with E-state index in [0.29, 0.717) is 12.5 Å². The van der Waals surface area contributed by atoms with Crippen molar-refractivity contribution in [2.24, 2.45) is 0 Å². The van der Waals surface area contributed by atoms with Crippen molar-refractivity contribution in [1.82, 2.24) is 14.9 Å². The van der Waals surface area contributed by atoms with E-state index in [1.165, 1.54) is 5.56 Å². The fourth-order valence-electron chi connectivity index (χ4n) is 3.94. The molecule has 2 heterocycles. The van der Waals surface area contributed by atoms with Crippen LogP contribution < -0.4 is 5.32 Å². The molecule has 0 unspecified atom stereocenters. The van der Waals surface area contributed by atoms with Gasteiger partial charge in [-0.25, -0.2) is 9.97 Å². The van der Waals surface area contributed by atoms with E-state index in [9.17, 15) is 4.79 Å². The van der Waals surface area contributed by atoms with Crippen molar-refractivity contribution in [1.29, 1.82) is 0 Å². The Morgan fingerprint density at radius 1 is 1.07 bits per heavy atom. The van der Waals surface area contributed by atoms with E-state index >= 15 is 0 Å². The summed E-state index contributed by atoms with van der Waals surface area (Å²) in [5.41, 5.74) is 4.29. The highest BCUT2D eigenvalue weighted by Gasteiger charge is 2.24. The van der Waals surface area contributed by atoms with E-state index in [1.54, 1.807) is 6.33 Å². The minimum absolute atomic E-state index is 0.0511. The first-order valence-corrected chi connectivity index (χ1v) is 10.0. The lowest BCUT2D eigenvalue weighted by molar-refractivity contribution is -0.117. The molecular weight excluding hydrogens is 348 g/mol. The van der Waals surface area contributed by atoms with Gasteiger partial charge in [0.1, 0.15) is 6.33 Å². The second-order valence-corrected chi connectivity index (χ2v) is 7.43. The van der Waals surface area contributed by atoms with Crippen LogP contribution in [0.4, 0.5) is 5.69 Å². The lowest BCUT2D eigenvalue weighted by atomic mass is 9.91. The predicted molar refractivity (Wildman–Crippen MR) is 112 cm³/mol. The lowest BCUT2D eigenvalue weighted by Gasteiger charge is -2.31. The number of nitrogens with zero attached hydrogens (tertiary/aromatic N) is 3. The number of anilines is 1. The van der Waals surface area contributed by atoms with E-state index in [2.05, 4.69) is 45.3 Å². The van der Waals surface area contributed by atoms with Crippen molar-refractivity contribution < 1.29 is 4.79 Å². The average molecular weight is 374 g/mol. The topological polar surface area (TPSA) is 58.1 Å². The Hall–Kier alpha value is -2.79. The Kier molecular flexibility index (Phi) is 5.63. The van der Waals surface area contributed by atoms with Crippen molar-refractivity contribution in [3.8, 4) is 0 Å². The van der Waals surface area contributed by atoms with E-state index < -0.39 is 0 Å². The van der Waals surface area contributed by atoms with Gasteiger partial charge in [-0.3, -0.25) is 9.69 Å². The van der Waals surface area contributed by atoms with Gasteiger partial charge in [0.2, 0.25) is 5.91 Å². The van der Waals surface area contributed by atoms with Crippen LogP contribution in [0.5, 0.6) is 0 Å². The van der Waals surface area contributed by atoms with Gasteiger partial charge in [-0.15, -0.1) is 0 Å². The Balaban J connectivity index is 1.33. The number of carbonyl (C=O) groups is 1. The summed E-state index contributed by atoms with van der Waals surface area (Å²) in [6.07, 6.45) is 4.70. The monoisotopic (exact) mass is 374 g/mol. The molecular formula is C23H26N4O. The zero-order chi connectivity index (χ0) is 19.3. The molecule has 144 valence electrons. The molecule has 1 aliphatic heterocycles. The van der Waals surface area contributed by atoms with Crippen molar-refractivity contribution in [3.05, 3.63) is 66.1 Å². The maximum atomic E-state index is 12.4. The number of aromatic nitrogens is 2. The number of likely N-dealkylation sites (tertiary alicyclic amines) is 1. The van der Waals surface area contributed by atoms with Gasteiger partial charge in [-0.1, -0.05) is 37.3 Å². The number of amides is 1. The normalized spacial score (nSPS) is 15.6. The number of rotatable bonds is 5. The third kappa shape index (κ3) is 4.20. The van der Waals surface area contributed by atoms with E-state index in [0.717, 1.165) is 54.6 Å². The number of nitrogens with one attached hydrogen (secondary N) is 1. The SMILES string of the molecule is CCc1ccc(NC(=O)CN2CCC(c3ncnc4ccccc34)CC2)cc1. The van der Waals surface area contributed by atoms with Gasteiger partial charge < -0.3 is 5.32 Å². The molecule has 1 amide bonds. The smallest absolute Gasteiger partial charge is 0.238 e. The molecule has 1 fully saturated rings. The highest BCUT2D eigenvalue weighted by atomic mass is 16.2. The van der Waals surface area contributed by atoms with Crippen LogP contribution in [-0.2, 0) is 11.2 Å². The molecule has 0 bridgehead atoms. The first-order chi connectivity index (χ1) is 13.7. The molecule has 0 radical (unpaired) electrons. The molecule has 1 aromatic heterocycles. The van der Waals surface area contributed by atoms with E-state index in [1.807, 2.05) is 30.3 Å². The minimum Gasteiger partial charge on any atom is -0.325 e. The van der Waals surface area contributed by atoms with Crippen LogP contribution >= 0.6 is 0 Å². The summed E-state index contributed by atoms with van der Waals surface area (Å²) in [6.45, 7) is 4.38. The van der Waals surface area contributed by atoms with Crippen LogP contribution in [0.1, 0.15) is 36.9 Å². The van der Waals surface area contributed by atoms with Gasteiger partial charge in [-0.2, -0.15) is 0 Å². The Labute approximate surface area is 165 Å². The molecule has 1 aliphatic rings. The summed E-state index contributed by atoms with van der Waals surface area (Å²) >= 11 is 0. The van der Waals surface area contributed by atoms with Gasteiger partial charge in [0.05, 0.1) is 17.8 Å². The molecule has 0 saturated carbocycles. The number of hydrogen-bond acceptors (Lipinski definition) is 4. The molecule has 0 atom stereocenters. The van der Waals surface area contributed by atoms with Gasteiger partial charge in [0.15, 0.2) is 0 Å². The first kappa shape index (κ1) is 18.6. The summed E-state index contributed by atoms with van der Waals surface area (Å²) in [7, 11) is 0. The quantitative estimate of drug-likeness (QED) is 0.733. The summed E-state index contributed by atoms with van der Waals surface area (Å²) in [5.74, 6) is 0.476. The molecule has 28 heavy (non-hydrogen) atoms. The Morgan fingerprint density at radius 3 is 2.57 bits per heavy atom. The number of hydrogen-bond donors (Lipinski definition) is 1. The highest BCUT2D eigenvalue weighted by Crippen LogP contribution is 2.30. The molecule has 2 aromatic carbocycles. The van der Waals surface area contributed by atoms with Crippen LogP contribution in [0, 0.1) is 0 Å². The van der Waals surface area contributed by atoms with Crippen molar-refractivity contribution in [2.45, 2.75) is 32.1 Å². The number of para-hydroxylation sites is 1. The van der Waals surface area contributed by atoms with Crippen LogP contribution in [-0.4, -0.2) is 40.4 Å². The maximum Gasteiger partial charge on any atom is 0.238 e. The van der Waals surface area contributed by atoms with Crippen molar-refractivity contribution in [2.75, 3.05) is 25.0 Å². The second-order valence-electron chi connectivity index (χ2n) is 7.43. The van der Waals surface area contributed by atoms with Crippen LogP contribution in [0.2, 0.25) is 0 Å². The van der Waals surface area contributed by atoms with Crippen molar-refractivity contribution in [3.63, 3.8) is 0 Å². The average Bonchev–Trinajstić information content (AvgIpc) is 2.74. The zero-order valence-electron chi connectivity index (χ0n) is 16.3. The van der Waals surface area contributed by atoms with Gasteiger partial charge in [-0.05, 0) is 56.1 Å². The van der Waals surface area contributed by atoms with E-state index in [-0.39, 0.29) is 5.91 Å². The molecule has 5 nitrogen and oxygen atoms in total. The largest absolute Gasteiger partial charge is 0.325 e. The molecule has 0 spiro atoms. The fraction of sp³-hybridized carbons (Fsp3) is 0.348. The van der Waals surface area contributed by atoms with Crippen LogP contribution in [0.25, 0.3) is 10.9 Å². The molecule has 0 aliphatic carbocycles. The first-order valence-electron chi connectivity index (χ1n) is 10.0. The number of aryl methyl sites for hydroxylation is 1. The summed E-state index contributed by atoms with van der Waals surface area (Å²) in [5, 5.41) is 4.16. The number of carbonyl (C=O) groups excluding carboxylic acids is 1. The third-order valence-electron chi connectivity index (χ3n) is 5.56. The highest BCUT2D eigenvalue weighted by molar-refractivity contribution is 5.92. The predicted octanol–water partition coefficient (Wildman–Crippen LogP) is 4.01. The molecule has 4 rings (SSSR count). The standard InChI is InChI=1S/C23H26N4O/c1-2-17-7-9-19(10-8-17)26-22(28)15-27-13-11-18(12-14-27)23-20-5-3-4-6-21(20)24-16-25-23/h3-10,16,18H,2,11-15H2,1H3,(H,26,28). The molecule has 3 aromatic rings. The minimum atomic E-state index is 0.0511. The number of benzene rings is 2.